The van der Waals surface area contributed by atoms with Gasteiger partial charge in [-0.15, -0.1) is 0 Å². The van der Waals surface area contributed by atoms with E-state index in [1.54, 1.807) is 0 Å². The Kier molecular flexibility index (Phi) is 3.92. The Hall–Kier alpha value is -1.76. The maximum Gasteiger partial charge on any atom is 0.0317 e. The molecule has 0 aliphatic heterocycles. The van der Waals surface area contributed by atoms with E-state index in [1.165, 1.54) is 5.56 Å². The van der Waals surface area contributed by atoms with Crippen molar-refractivity contribution in [3.05, 3.63) is 60.2 Å². The average molecular weight is 199 g/mol. The maximum absolute atomic E-state index is 5.75. The van der Waals surface area contributed by atoms with Gasteiger partial charge in [0.1, 0.15) is 0 Å². The molecule has 1 aromatic carbocycles. The monoisotopic (exact) mass is 199 g/mol. The van der Waals surface area contributed by atoms with E-state index in [0.29, 0.717) is 0 Å². The number of nitrogen functional groups attached to an aromatic ring is 1. The van der Waals surface area contributed by atoms with Gasteiger partial charge in [0.25, 0.3) is 0 Å². The van der Waals surface area contributed by atoms with E-state index in [-0.39, 0.29) is 0 Å². The zero-order valence-electron chi connectivity index (χ0n) is 9.16. The molecule has 0 fully saturated rings. The van der Waals surface area contributed by atoms with Crippen LogP contribution >= 0.6 is 0 Å². The highest BCUT2D eigenvalue weighted by Gasteiger charge is 2.00. The molecule has 0 heterocycles. The fourth-order valence-corrected chi connectivity index (χ4v) is 1.52. The summed E-state index contributed by atoms with van der Waals surface area (Å²) in [5, 5.41) is 0. The molecule has 15 heavy (non-hydrogen) atoms. The van der Waals surface area contributed by atoms with Crippen molar-refractivity contribution in [3.63, 3.8) is 0 Å². The molecule has 0 amide bonds. The summed E-state index contributed by atoms with van der Waals surface area (Å²) in [6, 6.07) is 5.85. The molecule has 0 aromatic heterocycles. The summed E-state index contributed by atoms with van der Waals surface area (Å²) >= 11 is 0. The van der Waals surface area contributed by atoms with Crippen LogP contribution in [0.15, 0.2) is 49.1 Å². The first-order valence-electron chi connectivity index (χ1n) is 4.98. The molecule has 0 spiro atoms. The lowest BCUT2D eigenvalue weighted by Crippen LogP contribution is -1.94. The normalized spacial score (nSPS) is 10.5. The van der Waals surface area contributed by atoms with Crippen LogP contribution < -0.4 is 5.73 Å². The number of hydrogen-bond acceptors (Lipinski definition) is 1. The van der Waals surface area contributed by atoms with Gasteiger partial charge in [0.15, 0.2) is 0 Å². The molecule has 0 bridgehead atoms. The molecule has 0 saturated heterocycles. The van der Waals surface area contributed by atoms with Gasteiger partial charge in [-0.2, -0.15) is 0 Å². The lowest BCUT2D eigenvalue weighted by molar-refractivity contribution is 1.20. The van der Waals surface area contributed by atoms with E-state index >= 15 is 0 Å². The molecule has 1 rings (SSSR count). The highest BCUT2D eigenvalue weighted by molar-refractivity contribution is 5.58. The van der Waals surface area contributed by atoms with Crippen LogP contribution in [-0.2, 0) is 6.42 Å². The predicted octanol–water partition coefficient (Wildman–Crippen LogP) is 3.59. The van der Waals surface area contributed by atoms with Crippen molar-refractivity contribution in [3.8, 4) is 0 Å². The van der Waals surface area contributed by atoms with Crippen molar-refractivity contribution in [2.75, 3.05) is 5.73 Å². The van der Waals surface area contributed by atoms with Gasteiger partial charge in [-0.05, 0) is 36.6 Å². The Morgan fingerprint density at radius 3 is 2.80 bits per heavy atom. The molecule has 1 heteroatoms. The van der Waals surface area contributed by atoms with Crippen molar-refractivity contribution in [1.82, 2.24) is 0 Å². The number of benzene rings is 1. The number of allylic oxidation sites excluding steroid dienone is 3. The Bertz CT molecular complexity index is 400. The minimum absolute atomic E-state index is 0.781. The first kappa shape index (κ1) is 11.3. The van der Waals surface area contributed by atoms with Crippen molar-refractivity contribution in [2.45, 2.75) is 13.3 Å². The van der Waals surface area contributed by atoms with Gasteiger partial charge in [0, 0.05) is 5.69 Å². The fourth-order valence-electron chi connectivity index (χ4n) is 1.52. The summed E-state index contributed by atoms with van der Waals surface area (Å²) in [7, 11) is 0. The molecule has 0 unspecified atom stereocenters. The summed E-state index contributed by atoms with van der Waals surface area (Å²) in [6.07, 6.45) is 6.66. The number of rotatable bonds is 4. The van der Waals surface area contributed by atoms with Crippen molar-refractivity contribution >= 4 is 11.8 Å². The molecular formula is C14H17N. The highest BCUT2D eigenvalue weighted by Crippen LogP contribution is 2.18. The Morgan fingerprint density at radius 2 is 2.20 bits per heavy atom. The van der Waals surface area contributed by atoms with Crippen LogP contribution in [0.5, 0.6) is 0 Å². The largest absolute Gasteiger partial charge is 0.399 e. The van der Waals surface area contributed by atoms with Crippen LogP contribution in [0.4, 0.5) is 5.69 Å². The lowest BCUT2D eigenvalue weighted by Gasteiger charge is -2.07. The van der Waals surface area contributed by atoms with Gasteiger partial charge in [0.2, 0.25) is 0 Å². The predicted molar refractivity (Wildman–Crippen MR) is 68.6 cm³/mol. The molecule has 0 atom stereocenters. The summed E-state index contributed by atoms with van der Waals surface area (Å²) in [5.74, 6) is 0. The number of anilines is 1. The van der Waals surface area contributed by atoms with Crippen LogP contribution in [-0.4, -0.2) is 0 Å². The minimum atomic E-state index is 0.781. The van der Waals surface area contributed by atoms with Gasteiger partial charge in [0.05, 0.1) is 0 Å². The first-order chi connectivity index (χ1) is 7.17. The summed E-state index contributed by atoms with van der Waals surface area (Å²) in [6.45, 7) is 9.75. The second-order valence-corrected chi connectivity index (χ2v) is 3.50. The van der Waals surface area contributed by atoms with Gasteiger partial charge < -0.3 is 5.73 Å². The van der Waals surface area contributed by atoms with Crippen LogP contribution in [0, 0.1) is 0 Å². The van der Waals surface area contributed by atoms with Crippen molar-refractivity contribution in [2.24, 2.45) is 0 Å². The molecule has 1 aromatic rings. The smallest absolute Gasteiger partial charge is 0.0317 e. The maximum atomic E-state index is 5.75. The van der Waals surface area contributed by atoms with E-state index < -0.39 is 0 Å². The Labute approximate surface area is 91.6 Å². The van der Waals surface area contributed by atoms with Crippen LogP contribution in [0.25, 0.3) is 6.08 Å². The van der Waals surface area contributed by atoms with Gasteiger partial charge in [-0.1, -0.05) is 43.0 Å². The minimum Gasteiger partial charge on any atom is -0.399 e. The van der Waals surface area contributed by atoms with Crippen LogP contribution in [0.2, 0.25) is 0 Å². The third kappa shape index (κ3) is 3.13. The van der Waals surface area contributed by atoms with E-state index in [9.17, 15) is 0 Å². The summed E-state index contributed by atoms with van der Waals surface area (Å²) < 4.78 is 0. The van der Waals surface area contributed by atoms with Crippen LogP contribution in [0.1, 0.15) is 18.1 Å². The fraction of sp³-hybridized carbons (Fsp3) is 0.143. The van der Waals surface area contributed by atoms with Crippen LogP contribution in [0.3, 0.4) is 0 Å². The van der Waals surface area contributed by atoms with Gasteiger partial charge in [-0.3, -0.25) is 0 Å². The zero-order valence-corrected chi connectivity index (χ0v) is 9.16. The second-order valence-electron chi connectivity index (χ2n) is 3.50. The molecule has 0 aliphatic rings. The van der Waals surface area contributed by atoms with Gasteiger partial charge >= 0.3 is 0 Å². The molecule has 78 valence electrons. The standard InChI is InChI=1S/C14H17N/c1-4-6-11(3)9-13-10-14(15)8-7-12(13)5-2/h4-8,10H,2-3,9,15H2,1H3/b6-4-. The molecular weight excluding hydrogens is 182 g/mol. The molecule has 1 nitrogen and oxygen atoms in total. The Balaban J connectivity index is 2.96. The molecule has 2 N–H and O–H groups in total. The summed E-state index contributed by atoms with van der Waals surface area (Å²) in [5.41, 5.74) is 9.90. The van der Waals surface area contributed by atoms with E-state index in [4.69, 9.17) is 5.73 Å². The Morgan fingerprint density at radius 1 is 1.47 bits per heavy atom. The highest BCUT2D eigenvalue weighted by atomic mass is 14.5. The third-order valence-electron chi connectivity index (χ3n) is 2.21. The molecule has 0 aliphatic carbocycles. The lowest BCUT2D eigenvalue weighted by atomic mass is 9.99. The molecule has 0 radical (unpaired) electrons. The van der Waals surface area contributed by atoms with Crippen molar-refractivity contribution in [1.29, 1.82) is 0 Å². The average Bonchev–Trinajstić information content (AvgIpc) is 2.18. The van der Waals surface area contributed by atoms with Gasteiger partial charge in [-0.25, -0.2) is 0 Å². The second kappa shape index (κ2) is 5.20. The number of hydrogen-bond donors (Lipinski definition) is 1. The quantitative estimate of drug-likeness (QED) is 0.582. The van der Waals surface area contributed by atoms with Crippen molar-refractivity contribution < 1.29 is 0 Å². The number of nitrogens with two attached hydrogens (primary N) is 1. The SMILES string of the molecule is C=Cc1ccc(N)cc1CC(=C)/C=C\C. The third-order valence-corrected chi connectivity index (χ3v) is 2.21. The topological polar surface area (TPSA) is 26.0 Å². The van der Waals surface area contributed by atoms with E-state index in [0.717, 1.165) is 23.2 Å². The first-order valence-corrected chi connectivity index (χ1v) is 4.98. The van der Waals surface area contributed by atoms with E-state index in [2.05, 4.69) is 13.2 Å². The van der Waals surface area contributed by atoms with E-state index in [1.807, 2.05) is 43.4 Å². The molecule has 0 saturated carbocycles. The summed E-state index contributed by atoms with van der Waals surface area (Å²) in [4.78, 5) is 0. The zero-order chi connectivity index (χ0) is 11.3.